The SMILES string of the molecule is Cc1cc(C)c(CN(C(=O)c2cccc3[nH]cc(C)c23)c2ccc(CN(C)C)cc2)c(=O)[nH]1. The molecule has 1 amide bonds. The number of anilines is 1. The van der Waals surface area contributed by atoms with Gasteiger partial charge in [0.1, 0.15) is 0 Å². The number of amides is 1. The number of H-pyrrole nitrogens is 2. The molecule has 0 aliphatic heterocycles. The molecule has 0 radical (unpaired) electrons. The zero-order valence-corrected chi connectivity index (χ0v) is 19.8. The van der Waals surface area contributed by atoms with Crippen molar-refractivity contribution < 1.29 is 4.79 Å². The number of benzene rings is 2. The summed E-state index contributed by atoms with van der Waals surface area (Å²) in [6.45, 7) is 6.77. The zero-order valence-electron chi connectivity index (χ0n) is 19.8. The number of hydrogen-bond acceptors (Lipinski definition) is 3. The van der Waals surface area contributed by atoms with Crippen LogP contribution in [-0.4, -0.2) is 34.9 Å². The number of aromatic amines is 2. The van der Waals surface area contributed by atoms with Gasteiger partial charge in [0.25, 0.3) is 11.5 Å². The molecule has 6 heteroatoms. The third-order valence-electron chi connectivity index (χ3n) is 5.94. The Kier molecular flexibility index (Phi) is 6.20. The van der Waals surface area contributed by atoms with Crippen LogP contribution in [0.1, 0.15) is 38.3 Å². The summed E-state index contributed by atoms with van der Waals surface area (Å²) in [5.41, 5.74) is 6.56. The van der Waals surface area contributed by atoms with Gasteiger partial charge in [0.05, 0.1) is 6.54 Å². The van der Waals surface area contributed by atoms with E-state index in [-0.39, 0.29) is 18.0 Å². The first-order valence-corrected chi connectivity index (χ1v) is 11.1. The van der Waals surface area contributed by atoms with Gasteiger partial charge in [-0.2, -0.15) is 0 Å². The number of carbonyl (C=O) groups is 1. The molecule has 0 bridgehead atoms. The van der Waals surface area contributed by atoms with Crippen LogP contribution in [0.3, 0.4) is 0 Å². The molecule has 2 aromatic carbocycles. The van der Waals surface area contributed by atoms with Crippen molar-refractivity contribution in [3.63, 3.8) is 0 Å². The van der Waals surface area contributed by atoms with E-state index in [1.807, 2.05) is 89.6 Å². The standard InChI is InChI=1S/C27H30N4O2/c1-17-13-19(3)29-26(32)23(17)16-31(21-11-9-20(10-12-21)15-30(4)5)27(33)22-7-6-8-24-25(22)18(2)14-28-24/h6-14,28H,15-16H2,1-5H3,(H,29,32). The first-order valence-electron chi connectivity index (χ1n) is 11.1. The monoisotopic (exact) mass is 442 g/mol. The quantitative estimate of drug-likeness (QED) is 0.455. The largest absolute Gasteiger partial charge is 0.361 e. The zero-order chi connectivity index (χ0) is 23.7. The highest BCUT2D eigenvalue weighted by molar-refractivity contribution is 6.14. The predicted octanol–water partition coefficient (Wildman–Crippen LogP) is 4.69. The number of aromatic nitrogens is 2. The number of aryl methyl sites for hydroxylation is 3. The minimum absolute atomic E-state index is 0.136. The lowest BCUT2D eigenvalue weighted by molar-refractivity contribution is 0.0986. The molecule has 33 heavy (non-hydrogen) atoms. The fraction of sp³-hybridized carbons (Fsp3) is 0.259. The van der Waals surface area contributed by atoms with E-state index >= 15 is 0 Å². The smallest absolute Gasteiger partial charge is 0.259 e. The maximum atomic E-state index is 14.0. The summed E-state index contributed by atoms with van der Waals surface area (Å²) in [4.78, 5) is 36.7. The third-order valence-corrected chi connectivity index (χ3v) is 5.94. The Balaban J connectivity index is 1.81. The normalized spacial score (nSPS) is 11.3. The molecular weight excluding hydrogens is 412 g/mol. The van der Waals surface area contributed by atoms with Crippen molar-refractivity contribution in [1.82, 2.24) is 14.9 Å². The van der Waals surface area contributed by atoms with Crippen LogP contribution in [0.15, 0.2) is 59.5 Å². The van der Waals surface area contributed by atoms with Crippen LogP contribution < -0.4 is 10.5 Å². The number of rotatable bonds is 6. The first kappa shape index (κ1) is 22.6. The highest BCUT2D eigenvalue weighted by Crippen LogP contribution is 2.27. The lowest BCUT2D eigenvalue weighted by atomic mass is 10.0. The highest BCUT2D eigenvalue weighted by Gasteiger charge is 2.23. The van der Waals surface area contributed by atoms with Crippen LogP contribution in [0.25, 0.3) is 10.9 Å². The second kappa shape index (κ2) is 9.08. The van der Waals surface area contributed by atoms with Gasteiger partial charge in [-0.3, -0.25) is 9.59 Å². The van der Waals surface area contributed by atoms with Gasteiger partial charge in [0, 0.05) is 46.2 Å². The number of carbonyl (C=O) groups excluding carboxylic acids is 1. The predicted molar refractivity (Wildman–Crippen MR) is 134 cm³/mol. The molecule has 0 saturated heterocycles. The molecule has 0 atom stereocenters. The van der Waals surface area contributed by atoms with Gasteiger partial charge in [0.2, 0.25) is 0 Å². The Bertz CT molecular complexity index is 1360. The van der Waals surface area contributed by atoms with Crippen LogP contribution >= 0.6 is 0 Å². The summed E-state index contributed by atoms with van der Waals surface area (Å²) in [6, 6.07) is 15.6. The Labute approximate surface area is 193 Å². The minimum atomic E-state index is -0.162. The van der Waals surface area contributed by atoms with Crippen LogP contribution in [0.5, 0.6) is 0 Å². The number of fused-ring (bicyclic) bond motifs is 1. The van der Waals surface area contributed by atoms with E-state index in [2.05, 4.69) is 14.9 Å². The fourth-order valence-corrected chi connectivity index (χ4v) is 4.34. The van der Waals surface area contributed by atoms with Crippen LogP contribution in [-0.2, 0) is 13.1 Å². The van der Waals surface area contributed by atoms with Crippen molar-refractivity contribution in [1.29, 1.82) is 0 Å². The molecule has 0 spiro atoms. The van der Waals surface area contributed by atoms with Crippen molar-refractivity contribution in [3.05, 3.63) is 98.6 Å². The maximum Gasteiger partial charge on any atom is 0.259 e. The maximum absolute atomic E-state index is 14.0. The van der Waals surface area contributed by atoms with E-state index in [1.165, 1.54) is 0 Å². The Hall–Kier alpha value is -3.64. The van der Waals surface area contributed by atoms with Crippen LogP contribution in [0.4, 0.5) is 5.69 Å². The lowest BCUT2D eigenvalue weighted by Gasteiger charge is -2.25. The number of hydrogen-bond donors (Lipinski definition) is 2. The van der Waals surface area contributed by atoms with E-state index in [4.69, 9.17) is 0 Å². The Morgan fingerprint density at radius 2 is 1.67 bits per heavy atom. The molecule has 4 aromatic rings. The third kappa shape index (κ3) is 4.61. The molecular formula is C27H30N4O2. The summed E-state index contributed by atoms with van der Waals surface area (Å²) in [5, 5.41) is 0.909. The Morgan fingerprint density at radius 3 is 2.33 bits per heavy atom. The summed E-state index contributed by atoms with van der Waals surface area (Å²) >= 11 is 0. The minimum Gasteiger partial charge on any atom is -0.361 e. The second-order valence-electron chi connectivity index (χ2n) is 8.94. The van der Waals surface area contributed by atoms with Crippen molar-refractivity contribution in [3.8, 4) is 0 Å². The molecule has 6 nitrogen and oxygen atoms in total. The van der Waals surface area contributed by atoms with E-state index in [0.29, 0.717) is 11.1 Å². The number of pyridine rings is 1. The van der Waals surface area contributed by atoms with Crippen molar-refractivity contribution >= 4 is 22.5 Å². The molecule has 0 saturated carbocycles. The number of nitrogens with one attached hydrogen (secondary N) is 2. The van der Waals surface area contributed by atoms with Crippen molar-refractivity contribution in [2.75, 3.05) is 19.0 Å². The average Bonchev–Trinajstić information content (AvgIpc) is 3.14. The molecule has 2 heterocycles. The van der Waals surface area contributed by atoms with Crippen LogP contribution in [0, 0.1) is 20.8 Å². The summed E-state index contributed by atoms with van der Waals surface area (Å²) in [5.74, 6) is -0.136. The molecule has 0 aliphatic carbocycles. The average molecular weight is 443 g/mol. The van der Waals surface area contributed by atoms with Gasteiger partial charge in [-0.05, 0) is 81.9 Å². The molecule has 2 N–H and O–H groups in total. The molecule has 0 fully saturated rings. The second-order valence-corrected chi connectivity index (χ2v) is 8.94. The molecule has 2 aromatic heterocycles. The number of nitrogens with zero attached hydrogens (tertiary/aromatic N) is 2. The first-order chi connectivity index (χ1) is 15.7. The van der Waals surface area contributed by atoms with Crippen LogP contribution in [0.2, 0.25) is 0 Å². The fourth-order valence-electron chi connectivity index (χ4n) is 4.34. The van der Waals surface area contributed by atoms with Gasteiger partial charge in [0.15, 0.2) is 0 Å². The van der Waals surface area contributed by atoms with Gasteiger partial charge < -0.3 is 19.8 Å². The topological polar surface area (TPSA) is 72.2 Å². The van der Waals surface area contributed by atoms with E-state index in [1.54, 1.807) is 4.90 Å². The molecule has 4 rings (SSSR count). The van der Waals surface area contributed by atoms with E-state index < -0.39 is 0 Å². The van der Waals surface area contributed by atoms with Gasteiger partial charge in [-0.25, -0.2) is 0 Å². The van der Waals surface area contributed by atoms with E-state index in [0.717, 1.165) is 45.5 Å². The van der Waals surface area contributed by atoms with Gasteiger partial charge in [-0.15, -0.1) is 0 Å². The lowest BCUT2D eigenvalue weighted by Crippen LogP contribution is -2.33. The summed E-state index contributed by atoms with van der Waals surface area (Å²) < 4.78 is 0. The molecule has 0 aliphatic rings. The Morgan fingerprint density at radius 1 is 0.939 bits per heavy atom. The van der Waals surface area contributed by atoms with Crippen molar-refractivity contribution in [2.45, 2.75) is 33.9 Å². The van der Waals surface area contributed by atoms with E-state index in [9.17, 15) is 9.59 Å². The summed E-state index contributed by atoms with van der Waals surface area (Å²) in [7, 11) is 4.05. The van der Waals surface area contributed by atoms with Gasteiger partial charge >= 0.3 is 0 Å². The van der Waals surface area contributed by atoms with Gasteiger partial charge in [-0.1, -0.05) is 18.2 Å². The van der Waals surface area contributed by atoms with Crippen molar-refractivity contribution in [2.24, 2.45) is 0 Å². The summed E-state index contributed by atoms with van der Waals surface area (Å²) in [6.07, 6.45) is 1.91. The highest BCUT2D eigenvalue weighted by atomic mass is 16.2. The molecule has 170 valence electrons. The molecule has 0 unspecified atom stereocenters.